The molecule has 0 aromatic carbocycles. The zero-order chi connectivity index (χ0) is 19.1. The lowest BCUT2D eigenvalue weighted by Crippen LogP contribution is -2.40. The van der Waals surface area contributed by atoms with Crippen LogP contribution in [0.2, 0.25) is 0 Å². The molecular weight excluding hydrogens is 372 g/mol. The molecule has 3 amide bonds. The van der Waals surface area contributed by atoms with Crippen molar-refractivity contribution in [2.75, 3.05) is 50.1 Å². The summed E-state index contributed by atoms with van der Waals surface area (Å²) in [4.78, 5) is 25.6. The number of amides is 3. The van der Waals surface area contributed by atoms with E-state index in [4.69, 9.17) is 9.47 Å². The number of rotatable bonds is 7. The van der Waals surface area contributed by atoms with Crippen molar-refractivity contribution >= 4 is 29.6 Å². The van der Waals surface area contributed by atoms with Gasteiger partial charge in [-0.1, -0.05) is 11.8 Å². The van der Waals surface area contributed by atoms with Crippen LogP contribution in [-0.4, -0.2) is 78.0 Å². The number of ether oxygens (including phenoxy) is 2. The van der Waals surface area contributed by atoms with Crippen molar-refractivity contribution in [3.63, 3.8) is 0 Å². The number of urea groups is 1. The normalized spacial score (nSPS) is 19.9. The molecule has 10 nitrogen and oxygen atoms in total. The highest BCUT2D eigenvalue weighted by molar-refractivity contribution is 7.99. The Kier molecular flexibility index (Phi) is 7.30. The SMILES string of the molecule is CCNC(=O)NC(=O)CSc1nnc(N2CCOCC2)n1CC1CCCO1. The molecule has 150 valence electrons. The second-order valence-corrected chi connectivity index (χ2v) is 7.27. The molecule has 0 radical (unpaired) electrons. The van der Waals surface area contributed by atoms with Crippen molar-refractivity contribution in [1.82, 2.24) is 25.4 Å². The molecule has 2 aliphatic heterocycles. The van der Waals surface area contributed by atoms with Crippen LogP contribution in [0.4, 0.5) is 10.7 Å². The summed E-state index contributed by atoms with van der Waals surface area (Å²) in [7, 11) is 0. The van der Waals surface area contributed by atoms with Gasteiger partial charge in [0.05, 0.1) is 31.6 Å². The van der Waals surface area contributed by atoms with Gasteiger partial charge in [-0.05, 0) is 19.8 Å². The van der Waals surface area contributed by atoms with Crippen LogP contribution >= 0.6 is 11.8 Å². The molecule has 3 heterocycles. The molecule has 1 unspecified atom stereocenters. The van der Waals surface area contributed by atoms with Gasteiger partial charge in [-0.15, -0.1) is 10.2 Å². The van der Waals surface area contributed by atoms with Crippen LogP contribution < -0.4 is 15.5 Å². The maximum Gasteiger partial charge on any atom is 0.321 e. The van der Waals surface area contributed by atoms with Gasteiger partial charge in [0.2, 0.25) is 11.9 Å². The van der Waals surface area contributed by atoms with Gasteiger partial charge >= 0.3 is 6.03 Å². The molecule has 1 atom stereocenters. The molecule has 27 heavy (non-hydrogen) atoms. The third kappa shape index (κ3) is 5.56. The zero-order valence-corrected chi connectivity index (χ0v) is 16.3. The van der Waals surface area contributed by atoms with E-state index in [0.29, 0.717) is 31.5 Å². The van der Waals surface area contributed by atoms with Crippen molar-refractivity contribution in [2.45, 2.75) is 37.6 Å². The molecule has 2 fully saturated rings. The van der Waals surface area contributed by atoms with Gasteiger partial charge in [-0.25, -0.2) is 4.79 Å². The van der Waals surface area contributed by atoms with Crippen LogP contribution in [0.15, 0.2) is 5.16 Å². The van der Waals surface area contributed by atoms with Crippen molar-refractivity contribution in [1.29, 1.82) is 0 Å². The van der Waals surface area contributed by atoms with E-state index in [9.17, 15) is 9.59 Å². The lowest BCUT2D eigenvalue weighted by molar-refractivity contribution is -0.117. The number of aromatic nitrogens is 3. The van der Waals surface area contributed by atoms with E-state index in [2.05, 4.69) is 25.7 Å². The van der Waals surface area contributed by atoms with Crippen molar-refractivity contribution in [2.24, 2.45) is 0 Å². The van der Waals surface area contributed by atoms with Gasteiger partial charge in [0.1, 0.15) is 0 Å². The number of carbonyl (C=O) groups excluding carboxylic acids is 2. The first kappa shape index (κ1) is 19.9. The van der Waals surface area contributed by atoms with E-state index in [1.807, 2.05) is 4.57 Å². The van der Waals surface area contributed by atoms with E-state index in [1.54, 1.807) is 6.92 Å². The number of imide groups is 1. The highest BCUT2D eigenvalue weighted by Gasteiger charge is 2.25. The summed E-state index contributed by atoms with van der Waals surface area (Å²) >= 11 is 1.27. The molecule has 2 N–H and O–H groups in total. The van der Waals surface area contributed by atoms with E-state index >= 15 is 0 Å². The summed E-state index contributed by atoms with van der Waals surface area (Å²) < 4.78 is 13.2. The lowest BCUT2D eigenvalue weighted by Gasteiger charge is -2.28. The maximum absolute atomic E-state index is 12.0. The van der Waals surface area contributed by atoms with Gasteiger partial charge < -0.3 is 19.7 Å². The molecule has 1 aromatic heterocycles. The van der Waals surface area contributed by atoms with Gasteiger partial charge in [0, 0.05) is 26.2 Å². The number of nitrogens with zero attached hydrogens (tertiary/aromatic N) is 4. The molecule has 2 aliphatic rings. The largest absolute Gasteiger partial charge is 0.378 e. The summed E-state index contributed by atoms with van der Waals surface area (Å²) in [5.41, 5.74) is 0. The maximum atomic E-state index is 12.0. The Balaban J connectivity index is 1.66. The molecule has 0 aliphatic carbocycles. The second-order valence-electron chi connectivity index (χ2n) is 6.32. The average Bonchev–Trinajstić information content (AvgIpc) is 3.31. The van der Waals surface area contributed by atoms with E-state index in [-0.39, 0.29) is 17.8 Å². The Morgan fingerprint density at radius 1 is 1.26 bits per heavy atom. The molecule has 0 bridgehead atoms. The lowest BCUT2D eigenvalue weighted by atomic mass is 10.2. The third-order valence-corrected chi connectivity index (χ3v) is 5.29. The molecule has 1 aromatic rings. The number of anilines is 1. The molecule has 0 saturated carbocycles. The van der Waals surface area contributed by atoms with Crippen LogP contribution in [0.1, 0.15) is 19.8 Å². The number of hydrogen-bond acceptors (Lipinski definition) is 8. The Morgan fingerprint density at radius 3 is 2.78 bits per heavy atom. The molecule has 11 heteroatoms. The zero-order valence-electron chi connectivity index (χ0n) is 15.5. The first-order chi connectivity index (χ1) is 13.2. The molecule has 0 spiro atoms. The summed E-state index contributed by atoms with van der Waals surface area (Å²) in [6, 6.07) is -0.488. The number of thioether (sulfide) groups is 1. The Bertz CT molecular complexity index is 643. The smallest absolute Gasteiger partial charge is 0.321 e. The van der Waals surface area contributed by atoms with Crippen LogP contribution in [0, 0.1) is 0 Å². The predicted molar refractivity (Wildman–Crippen MR) is 100.0 cm³/mol. The minimum absolute atomic E-state index is 0.0872. The highest BCUT2D eigenvalue weighted by atomic mass is 32.2. The van der Waals surface area contributed by atoms with Crippen molar-refractivity contribution in [3.8, 4) is 0 Å². The van der Waals surface area contributed by atoms with Crippen LogP contribution in [0.3, 0.4) is 0 Å². The number of morpholine rings is 1. The summed E-state index contributed by atoms with van der Waals surface area (Å²) in [5.74, 6) is 0.496. The second kappa shape index (κ2) is 9.90. The number of hydrogen-bond donors (Lipinski definition) is 2. The van der Waals surface area contributed by atoms with Crippen LogP contribution in [-0.2, 0) is 20.8 Å². The monoisotopic (exact) mass is 398 g/mol. The molecule has 2 saturated heterocycles. The van der Waals surface area contributed by atoms with Crippen LogP contribution in [0.5, 0.6) is 0 Å². The highest BCUT2D eigenvalue weighted by Crippen LogP contribution is 2.25. The first-order valence-corrected chi connectivity index (χ1v) is 10.2. The summed E-state index contributed by atoms with van der Waals surface area (Å²) in [6.45, 7) is 6.51. The van der Waals surface area contributed by atoms with Crippen LogP contribution in [0.25, 0.3) is 0 Å². The topological polar surface area (TPSA) is 111 Å². The quantitative estimate of drug-likeness (QED) is 0.628. The number of nitrogens with one attached hydrogen (secondary N) is 2. The van der Waals surface area contributed by atoms with E-state index < -0.39 is 6.03 Å². The standard InChI is InChI=1S/C16H26N6O4S/c1-2-17-14(24)18-13(23)11-27-16-20-19-15(21-5-8-25-9-6-21)22(16)10-12-4-3-7-26-12/h12H,2-11H2,1H3,(H2,17,18,23,24). The Morgan fingerprint density at radius 2 is 2.07 bits per heavy atom. The van der Waals surface area contributed by atoms with Crippen molar-refractivity contribution < 1.29 is 19.1 Å². The van der Waals surface area contributed by atoms with E-state index in [0.717, 1.165) is 38.5 Å². The summed E-state index contributed by atoms with van der Waals surface area (Å²) in [5, 5.41) is 14.1. The molecule has 3 rings (SSSR count). The van der Waals surface area contributed by atoms with Gasteiger partial charge in [-0.3, -0.25) is 14.7 Å². The minimum atomic E-state index is -0.488. The fourth-order valence-electron chi connectivity index (χ4n) is 3.03. The fourth-order valence-corrected chi connectivity index (χ4v) is 3.78. The summed E-state index contributed by atoms with van der Waals surface area (Å²) in [6.07, 6.45) is 2.18. The Labute approximate surface area is 162 Å². The van der Waals surface area contributed by atoms with E-state index in [1.165, 1.54) is 11.8 Å². The predicted octanol–water partition coefficient (Wildman–Crippen LogP) is 0.232. The van der Waals surface area contributed by atoms with Gasteiger partial charge in [-0.2, -0.15) is 0 Å². The fraction of sp³-hybridized carbons (Fsp3) is 0.750. The first-order valence-electron chi connectivity index (χ1n) is 9.25. The third-order valence-electron chi connectivity index (χ3n) is 4.32. The average molecular weight is 398 g/mol. The Hall–Kier alpha value is -1.85. The number of carbonyl (C=O) groups is 2. The van der Waals surface area contributed by atoms with Crippen molar-refractivity contribution in [3.05, 3.63) is 0 Å². The van der Waals surface area contributed by atoms with Gasteiger partial charge in [0.25, 0.3) is 0 Å². The molecular formula is C16H26N6O4S. The minimum Gasteiger partial charge on any atom is -0.378 e. The van der Waals surface area contributed by atoms with Gasteiger partial charge in [0.15, 0.2) is 5.16 Å².